The predicted molar refractivity (Wildman–Crippen MR) is 223 cm³/mol. The van der Waals surface area contributed by atoms with E-state index in [9.17, 15) is 28.6 Å². The number of aliphatic hydroxyl groups excluding tert-OH is 1. The molecule has 16 heteroatoms. The third-order valence-electron chi connectivity index (χ3n) is 12.8. The summed E-state index contributed by atoms with van der Waals surface area (Å²) in [6.07, 6.45) is -0.358. The van der Waals surface area contributed by atoms with Crippen LogP contribution in [0, 0.1) is 48.1 Å². The molecular formula is C45H47F2N7O6S. The third-order valence-corrected chi connectivity index (χ3v) is 13.8. The van der Waals surface area contributed by atoms with Crippen molar-refractivity contribution in [1.29, 1.82) is 0 Å². The van der Waals surface area contributed by atoms with Crippen LogP contribution in [0.4, 0.5) is 8.78 Å². The number of H-pyrrole nitrogens is 1. The molecule has 318 valence electrons. The minimum Gasteiger partial charge on any atom is -0.504 e. The molecule has 1 amide bonds. The minimum atomic E-state index is -1.06. The van der Waals surface area contributed by atoms with Gasteiger partial charge in [0.1, 0.15) is 18.2 Å². The van der Waals surface area contributed by atoms with Crippen LogP contribution in [0.15, 0.2) is 64.6 Å². The van der Waals surface area contributed by atoms with Gasteiger partial charge in [-0.2, -0.15) is 0 Å². The molecule has 3 fully saturated rings. The standard InChI is InChI=1S/C45H47F2N7O6S/c1-21(2)39(42(57)29-15-28(55)16-30(29)45(58)49-22(3)24-5-7-25(8-6-24)43-23(4)48-20-61-43)37-17-38(53-60-37)59-10-9-54-18-32-33(19-54)40(32)36-12-26-11-35(51-52-44(26)50-36)31-13-27(46)14-34(47)41(31)56/h5-8,11-14,17,20-22,28-30,32-33,39-40,55-56H,9-10,15-16,18-19H2,1-4H3,(H,49,58)(H,50,52)/t22-,28-,29?,30+,32-,33+,39+,40+/m0/s1. The van der Waals surface area contributed by atoms with Gasteiger partial charge >= 0.3 is 0 Å². The third kappa shape index (κ3) is 8.04. The first-order valence-corrected chi connectivity index (χ1v) is 21.6. The molecule has 0 spiro atoms. The fourth-order valence-corrected chi connectivity index (χ4v) is 10.4. The molecule has 2 aromatic carbocycles. The second-order valence-corrected chi connectivity index (χ2v) is 18.0. The predicted octanol–water partition coefficient (Wildman–Crippen LogP) is 7.33. The van der Waals surface area contributed by atoms with Gasteiger partial charge in [0.15, 0.2) is 23.0 Å². The van der Waals surface area contributed by atoms with Crippen molar-refractivity contribution >= 4 is 34.1 Å². The summed E-state index contributed by atoms with van der Waals surface area (Å²) in [6.45, 7) is 10.6. The number of amides is 1. The number of Topliss-reactive ketones (excluding diaryl/α,β-unsaturated/α-hetero) is 1. The molecule has 5 heterocycles. The number of nitrogens with zero attached hydrogens (tertiary/aromatic N) is 5. The van der Waals surface area contributed by atoms with Crippen LogP contribution in [0.1, 0.15) is 74.2 Å². The van der Waals surface area contributed by atoms with Crippen LogP contribution < -0.4 is 10.1 Å². The summed E-state index contributed by atoms with van der Waals surface area (Å²) in [7, 11) is 0. The minimum absolute atomic E-state index is 0.0578. The van der Waals surface area contributed by atoms with Crippen molar-refractivity contribution in [3.05, 3.63) is 94.5 Å². The molecule has 0 radical (unpaired) electrons. The van der Waals surface area contributed by atoms with Gasteiger partial charge in [-0.25, -0.2) is 13.8 Å². The quantitative estimate of drug-likeness (QED) is 0.0863. The summed E-state index contributed by atoms with van der Waals surface area (Å²) in [5, 5.41) is 37.1. The molecule has 2 saturated carbocycles. The molecular weight excluding hydrogens is 805 g/mol. The number of thiazole rings is 1. The van der Waals surface area contributed by atoms with E-state index in [4.69, 9.17) is 9.26 Å². The highest BCUT2D eigenvalue weighted by atomic mass is 32.1. The van der Waals surface area contributed by atoms with E-state index in [2.05, 4.69) is 35.5 Å². The maximum absolute atomic E-state index is 14.2. The first-order valence-electron chi connectivity index (χ1n) is 20.7. The summed E-state index contributed by atoms with van der Waals surface area (Å²) in [5.74, 6) is -3.25. The van der Waals surface area contributed by atoms with E-state index >= 15 is 0 Å². The maximum atomic E-state index is 14.2. The number of carbonyl (C=O) groups excluding carboxylic acids is 2. The van der Waals surface area contributed by atoms with Gasteiger partial charge in [0.05, 0.1) is 45.8 Å². The summed E-state index contributed by atoms with van der Waals surface area (Å²) >= 11 is 1.59. The smallest absolute Gasteiger partial charge is 0.254 e. The van der Waals surface area contributed by atoms with Gasteiger partial charge in [-0.3, -0.25) is 14.5 Å². The topological polar surface area (TPSA) is 180 Å². The Hall–Kier alpha value is -5.58. The Morgan fingerprint density at radius 2 is 1.79 bits per heavy atom. The van der Waals surface area contributed by atoms with Crippen molar-refractivity contribution in [3.63, 3.8) is 0 Å². The number of nitrogens with one attached hydrogen (secondary N) is 2. The lowest BCUT2D eigenvalue weighted by Gasteiger charge is -2.25. The van der Waals surface area contributed by atoms with Gasteiger partial charge < -0.3 is 29.8 Å². The Balaban J connectivity index is 0.773. The number of piperidine rings is 1. The molecule has 2 aliphatic carbocycles. The zero-order valence-corrected chi connectivity index (χ0v) is 35.0. The maximum Gasteiger partial charge on any atom is 0.254 e. The Bertz CT molecular complexity index is 2580. The number of fused-ring (bicyclic) bond motifs is 2. The highest BCUT2D eigenvalue weighted by molar-refractivity contribution is 7.13. The van der Waals surface area contributed by atoms with Gasteiger partial charge in [-0.05, 0) is 78.9 Å². The Labute approximate surface area is 354 Å². The molecule has 9 rings (SSSR count). The molecule has 1 aliphatic heterocycles. The monoisotopic (exact) mass is 851 g/mol. The lowest BCUT2D eigenvalue weighted by Crippen LogP contribution is -2.38. The number of aromatic hydroxyl groups is 1. The number of aromatic nitrogens is 5. The van der Waals surface area contributed by atoms with Crippen LogP contribution in [-0.2, 0) is 9.59 Å². The highest BCUT2D eigenvalue weighted by Crippen LogP contribution is 2.58. The Morgan fingerprint density at radius 3 is 2.51 bits per heavy atom. The molecule has 13 nitrogen and oxygen atoms in total. The Morgan fingerprint density at radius 1 is 1.03 bits per heavy atom. The van der Waals surface area contributed by atoms with Crippen molar-refractivity contribution in [2.75, 3.05) is 26.2 Å². The van der Waals surface area contributed by atoms with E-state index in [0.717, 1.165) is 51.9 Å². The van der Waals surface area contributed by atoms with Crippen molar-refractivity contribution in [2.24, 2.45) is 29.6 Å². The van der Waals surface area contributed by atoms with Crippen molar-refractivity contribution in [2.45, 2.75) is 64.5 Å². The molecule has 0 bridgehead atoms. The number of phenolic OH excluding ortho intramolecular Hbond substituents is 1. The van der Waals surface area contributed by atoms with E-state index in [1.807, 2.05) is 63.5 Å². The van der Waals surface area contributed by atoms with Gasteiger partial charge in [0.25, 0.3) is 5.88 Å². The second kappa shape index (κ2) is 16.4. The summed E-state index contributed by atoms with van der Waals surface area (Å²) < 4.78 is 39.5. The van der Waals surface area contributed by atoms with Crippen molar-refractivity contribution in [1.82, 2.24) is 35.5 Å². The number of ether oxygens (including phenoxy) is 1. The number of rotatable bonds is 14. The molecule has 3 aliphatic rings. The van der Waals surface area contributed by atoms with Crippen LogP contribution in [0.5, 0.6) is 11.6 Å². The van der Waals surface area contributed by atoms with Crippen LogP contribution >= 0.6 is 11.3 Å². The molecule has 6 aromatic rings. The van der Waals surface area contributed by atoms with E-state index in [0.29, 0.717) is 48.4 Å². The van der Waals surface area contributed by atoms with Crippen molar-refractivity contribution < 1.29 is 37.8 Å². The molecule has 61 heavy (non-hydrogen) atoms. The number of carbonyl (C=O) groups is 2. The number of likely N-dealkylation sites (tertiary alicyclic amines) is 1. The van der Waals surface area contributed by atoms with Crippen LogP contribution in [-0.4, -0.2) is 84.5 Å². The van der Waals surface area contributed by atoms with Crippen LogP contribution in [0.2, 0.25) is 0 Å². The number of hydrogen-bond donors (Lipinski definition) is 4. The number of ketones is 1. The SMILES string of the molecule is Cc1ncsc1-c1ccc([C@H](C)NC(=O)[C@@H]2C[C@@H](O)CC2C(=O)[C@@H](c2cc(OCCN3C[C@@H]4[C@H](C3)[C@H]4c3cc4cc(-c5cc(F)cc(F)c5O)nnc4[nH]3)no2)C(C)C)cc1. The largest absolute Gasteiger partial charge is 0.504 e. The molecule has 4 aromatic heterocycles. The lowest BCUT2D eigenvalue weighted by molar-refractivity contribution is -0.134. The van der Waals surface area contributed by atoms with Crippen LogP contribution in [0.3, 0.4) is 0 Å². The number of aromatic amines is 1. The van der Waals surface area contributed by atoms with E-state index in [1.165, 1.54) is 0 Å². The number of aliphatic hydroxyl groups is 1. The van der Waals surface area contributed by atoms with E-state index in [1.54, 1.807) is 23.5 Å². The van der Waals surface area contributed by atoms with Gasteiger partial charge in [-0.15, -0.1) is 21.5 Å². The van der Waals surface area contributed by atoms with Gasteiger partial charge in [-0.1, -0.05) is 38.1 Å². The van der Waals surface area contributed by atoms with E-state index < -0.39 is 41.2 Å². The fourth-order valence-electron chi connectivity index (χ4n) is 9.60. The first-order chi connectivity index (χ1) is 29.3. The summed E-state index contributed by atoms with van der Waals surface area (Å²) in [6, 6.07) is 14.7. The molecule has 8 atom stereocenters. The van der Waals surface area contributed by atoms with Crippen LogP contribution in [0.25, 0.3) is 32.7 Å². The summed E-state index contributed by atoms with van der Waals surface area (Å²) in [4.78, 5) is 39.1. The molecule has 4 N–H and O–H groups in total. The second-order valence-electron chi connectivity index (χ2n) is 17.2. The number of benzene rings is 2. The number of halogens is 2. The normalized spacial score (nSPS) is 23.3. The number of aryl methyl sites for hydroxylation is 1. The molecule has 1 saturated heterocycles. The summed E-state index contributed by atoms with van der Waals surface area (Å²) in [5.41, 5.74) is 6.52. The van der Waals surface area contributed by atoms with E-state index in [-0.39, 0.29) is 53.6 Å². The first kappa shape index (κ1) is 40.8. The van der Waals surface area contributed by atoms with Gasteiger partial charge in [0, 0.05) is 60.2 Å². The zero-order valence-electron chi connectivity index (χ0n) is 34.1. The number of phenols is 1. The average molecular weight is 852 g/mol. The number of hydrogen-bond acceptors (Lipinski definition) is 12. The fraction of sp³-hybridized carbons (Fsp3) is 0.422. The van der Waals surface area contributed by atoms with Crippen molar-refractivity contribution in [3.8, 4) is 33.3 Å². The highest BCUT2D eigenvalue weighted by Gasteiger charge is 2.56. The Kier molecular flexibility index (Phi) is 10.9. The zero-order chi connectivity index (χ0) is 42.7. The lowest BCUT2D eigenvalue weighted by atomic mass is 9.79. The molecule has 1 unspecified atom stereocenters. The average Bonchev–Trinajstić information content (AvgIpc) is 3.92. The van der Waals surface area contributed by atoms with Gasteiger partial charge in [0.2, 0.25) is 5.91 Å².